The molecule has 6 heteroatoms. The van der Waals surface area contributed by atoms with Crippen LogP contribution >= 0.6 is 0 Å². The van der Waals surface area contributed by atoms with Crippen molar-refractivity contribution in [1.29, 1.82) is 0 Å². The predicted molar refractivity (Wildman–Crippen MR) is 89.4 cm³/mol. The summed E-state index contributed by atoms with van der Waals surface area (Å²) in [6.45, 7) is 7.82. The van der Waals surface area contributed by atoms with E-state index in [9.17, 15) is 0 Å². The molecule has 2 aliphatic heterocycles. The topological polar surface area (TPSA) is 58.1 Å². The first-order valence-corrected chi connectivity index (χ1v) is 8.74. The van der Waals surface area contributed by atoms with E-state index in [2.05, 4.69) is 20.5 Å². The Morgan fingerprint density at radius 2 is 2.05 bits per heavy atom. The smallest absolute Gasteiger partial charge is 0.191 e. The molecule has 0 aromatic rings. The lowest BCUT2D eigenvalue weighted by molar-refractivity contribution is 0.0420. The van der Waals surface area contributed by atoms with Crippen LogP contribution in [-0.4, -0.2) is 76.6 Å². The predicted octanol–water partition coefficient (Wildman–Crippen LogP) is 0.833. The summed E-state index contributed by atoms with van der Waals surface area (Å²) >= 11 is 0. The van der Waals surface area contributed by atoms with Crippen molar-refractivity contribution in [1.82, 2.24) is 15.5 Å². The number of hydrogen-bond donors (Lipinski definition) is 2. The van der Waals surface area contributed by atoms with E-state index < -0.39 is 0 Å². The maximum Gasteiger partial charge on any atom is 0.191 e. The first kappa shape index (κ1) is 17.5. The molecule has 2 N–H and O–H groups in total. The zero-order valence-corrected chi connectivity index (χ0v) is 14.0. The molecule has 1 unspecified atom stereocenters. The molecule has 0 amide bonds. The van der Waals surface area contributed by atoms with Crippen molar-refractivity contribution in [3.63, 3.8) is 0 Å². The summed E-state index contributed by atoms with van der Waals surface area (Å²) in [5, 5.41) is 6.73. The fraction of sp³-hybridized carbons (Fsp3) is 0.938. The maximum atomic E-state index is 5.75. The summed E-state index contributed by atoms with van der Waals surface area (Å²) in [7, 11) is 1.82. The second-order valence-corrected chi connectivity index (χ2v) is 6.04. The second kappa shape index (κ2) is 10.8. The third-order valence-electron chi connectivity index (χ3n) is 4.25. The van der Waals surface area contributed by atoms with Crippen molar-refractivity contribution < 1.29 is 9.47 Å². The van der Waals surface area contributed by atoms with Crippen LogP contribution in [0.25, 0.3) is 0 Å². The highest BCUT2D eigenvalue weighted by molar-refractivity contribution is 5.79. The van der Waals surface area contributed by atoms with E-state index >= 15 is 0 Å². The molecule has 22 heavy (non-hydrogen) atoms. The number of guanidine groups is 1. The fourth-order valence-electron chi connectivity index (χ4n) is 2.91. The SMILES string of the molecule is CN=C(NCCCOC1CCOC1)NCCN1CCCCC1. The van der Waals surface area contributed by atoms with E-state index in [0.29, 0.717) is 6.10 Å². The fourth-order valence-corrected chi connectivity index (χ4v) is 2.91. The Bertz CT molecular complexity index is 313. The van der Waals surface area contributed by atoms with Crippen molar-refractivity contribution in [3.05, 3.63) is 0 Å². The van der Waals surface area contributed by atoms with Gasteiger partial charge in [0.15, 0.2) is 5.96 Å². The molecule has 6 nitrogen and oxygen atoms in total. The van der Waals surface area contributed by atoms with E-state index in [1.165, 1.54) is 32.4 Å². The van der Waals surface area contributed by atoms with Gasteiger partial charge in [0.2, 0.25) is 0 Å². The number of ether oxygens (including phenoxy) is 2. The molecule has 0 aromatic heterocycles. The van der Waals surface area contributed by atoms with Gasteiger partial charge in [0, 0.05) is 39.9 Å². The number of rotatable bonds is 8. The molecule has 2 aliphatic rings. The lowest BCUT2D eigenvalue weighted by Gasteiger charge is -2.26. The Morgan fingerprint density at radius 1 is 1.23 bits per heavy atom. The van der Waals surface area contributed by atoms with Crippen molar-refractivity contribution >= 4 is 5.96 Å². The highest BCUT2D eigenvalue weighted by Gasteiger charge is 2.15. The summed E-state index contributed by atoms with van der Waals surface area (Å²) in [5.74, 6) is 0.890. The molecule has 0 aliphatic carbocycles. The average Bonchev–Trinajstić information content (AvgIpc) is 3.07. The van der Waals surface area contributed by atoms with Gasteiger partial charge in [-0.05, 0) is 38.8 Å². The lowest BCUT2D eigenvalue weighted by Crippen LogP contribution is -2.43. The number of likely N-dealkylation sites (tertiary alicyclic amines) is 1. The Kier molecular flexibility index (Phi) is 8.60. The van der Waals surface area contributed by atoms with Crippen molar-refractivity contribution in [2.75, 3.05) is 59.6 Å². The maximum absolute atomic E-state index is 5.75. The summed E-state index contributed by atoms with van der Waals surface area (Å²) in [6, 6.07) is 0. The molecular formula is C16H32N4O2. The Balaban J connectivity index is 1.45. The van der Waals surface area contributed by atoms with Crippen molar-refractivity contribution in [2.45, 2.75) is 38.2 Å². The Labute approximate surface area is 134 Å². The van der Waals surface area contributed by atoms with Gasteiger partial charge in [-0.3, -0.25) is 4.99 Å². The monoisotopic (exact) mass is 312 g/mol. The number of aliphatic imine (C=N–C) groups is 1. The van der Waals surface area contributed by atoms with Gasteiger partial charge in [-0.25, -0.2) is 0 Å². The van der Waals surface area contributed by atoms with Crippen LogP contribution in [0.4, 0.5) is 0 Å². The van der Waals surface area contributed by atoms with Crippen molar-refractivity contribution in [2.24, 2.45) is 4.99 Å². The van der Waals surface area contributed by atoms with Gasteiger partial charge in [-0.15, -0.1) is 0 Å². The molecule has 1 atom stereocenters. The highest BCUT2D eigenvalue weighted by Crippen LogP contribution is 2.08. The van der Waals surface area contributed by atoms with E-state index in [0.717, 1.165) is 58.3 Å². The zero-order chi connectivity index (χ0) is 15.5. The van der Waals surface area contributed by atoms with Gasteiger partial charge in [0.05, 0.1) is 12.7 Å². The molecule has 0 bridgehead atoms. The average molecular weight is 312 g/mol. The zero-order valence-electron chi connectivity index (χ0n) is 14.0. The Hall–Kier alpha value is -0.850. The minimum Gasteiger partial charge on any atom is -0.379 e. The van der Waals surface area contributed by atoms with E-state index in [-0.39, 0.29) is 0 Å². The van der Waals surface area contributed by atoms with Gasteiger partial charge in [-0.1, -0.05) is 6.42 Å². The quantitative estimate of drug-likeness (QED) is 0.395. The van der Waals surface area contributed by atoms with Crippen molar-refractivity contribution in [3.8, 4) is 0 Å². The third-order valence-corrected chi connectivity index (χ3v) is 4.25. The van der Waals surface area contributed by atoms with Gasteiger partial charge < -0.3 is 25.0 Å². The van der Waals surface area contributed by atoms with Crippen LogP contribution in [0.1, 0.15) is 32.1 Å². The minimum absolute atomic E-state index is 0.307. The van der Waals surface area contributed by atoms with Crippen LogP contribution in [-0.2, 0) is 9.47 Å². The number of hydrogen-bond acceptors (Lipinski definition) is 4. The molecule has 2 heterocycles. The molecule has 0 saturated carbocycles. The van der Waals surface area contributed by atoms with Crippen LogP contribution in [0.5, 0.6) is 0 Å². The van der Waals surface area contributed by atoms with Crippen LogP contribution in [0.2, 0.25) is 0 Å². The molecule has 2 fully saturated rings. The largest absolute Gasteiger partial charge is 0.379 e. The summed E-state index contributed by atoms with van der Waals surface area (Å²) in [6.07, 6.45) is 6.42. The molecule has 2 saturated heterocycles. The Morgan fingerprint density at radius 3 is 2.77 bits per heavy atom. The second-order valence-electron chi connectivity index (χ2n) is 6.04. The summed E-state index contributed by atoms with van der Waals surface area (Å²) in [4.78, 5) is 6.79. The molecule has 128 valence electrons. The van der Waals surface area contributed by atoms with E-state index in [4.69, 9.17) is 9.47 Å². The highest BCUT2D eigenvalue weighted by atomic mass is 16.5. The molecule has 0 spiro atoms. The number of nitrogens with one attached hydrogen (secondary N) is 2. The summed E-state index contributed by atoms with van der Waals surface area (Å²) in [5.41, 5.74) is 0. The molecule has 2 rings (SSSR count). The molecule has 0 radical (unpaired) electrons. The first-order valence-electron chi connectivity index (χ1n) is 8.74. The third kappa shape index (κ3) is 6.94. The summed E-state index contributed by atoms with van der Waals surface area (Å²) < 4.78 is 11.0. The van der Waals surface area contributed by atoms with Crippen LogP contribution in [0, 0.1) is 0 Å². The normalized spacial score (nSPS) is 23.7. The minimum atomic E-state index is 0.307. The van der Waals surface area contributed by atoms with Gasteiger partial charge >= 0.3 is 0 Å². The van der Waals surface area contributed by atoms with Crippen LogP contribution in [0.15, 0.2) is 4.99 Å². The first-order chi connectivity index (χ1) is 10.9. The lowest BCUT2D eigenvalue weighted by atomic mass is 10.1. The molecular weight excluding hydrogens is 280 g/mol. The van der Waals surface area contributed by atoms with Crippen LogP contribution < -0.4 is 10.6 Å². The van der Waals surface area contributed by atoms with Gasteiger partial charge in [-0.2, -0.15) is 0 Å². The van der Waals surface area contributed by atoms with E-state index in [1.54, 1.807) is 0 Å². The number of piperidine rings is 1. The van der Waals surface area contributed by atoms with Gasteiger partial charge in [0.25, 0.3) is 0 Å². The van der Waals surface area contributed by atoms with Crippen LogP contribution in [0.3, 0.4) is 0 Å². The van der Waals surface area contributed by atoms with E-state index in [1.807, 2.05) is 7.05 Å². The van der Waals surface area contributed by atoms with Gasteiger partial charge in [0.1, 0.15) is 0 Å². The molecule has 0 aromatic carbocycles. The number of nitrogens with zero attached hydrogens (tertiary/aromatic N) is 2. The standard InChI is InChI=1S/C16H32N4O2/c1-17-16(19-8-11-20-9-3-2-4-10-20)18-7-5-12-22-15-6-13-21-14-15/h15H,2-14H2,1H3,(H2,17,18,19).